The van der Waals surface area contributed by atoms with Crippen molar-refractivity contribution in [1.82, 2.24) is 4.90 Å². The van der Waals surface area contributed by atoms with Gasteiger partial charge in [-0.3, -0.25) is 14.1 Å². The number of rotatable bonds is 4. The second kappa shape index (κ2) is 5.32. The van der Waals surface area contributed by atoms with Crippen LogP contribution in [-0.2, 0) is 9.53 Å². The molecule has 2 aliphatic rings. The van der Waals surface area contributed by atoms with Crippen molar-refractivity contribution in [2.75, 3.05) is 20.3 Å². The Morgan fingerprint density at radius 2 is 2.14 bits per heavy atom. The van der Waals surface area contributed by atoms with Crippen molar-refractivity contribution in [3.05, 3.63) is 35.9 Å². The summed E-state index contributed by atoms with van der Waals surface area (Å²) in [5.41, 5.74) is -0.904. The van der Waals surface area contributed by atoms with E-state index in [4.69, 9.17) is 4.74 Å². The van der Waals surface area contributed by atoms with E-state index in [1.54, 1.807) is 0 Å². The van der Waals surface area contributed by atoms with E-state index < -0.39 is 29.7 Å². The molecule has 2 fully saturated rings. The average Bonchev–Trinajstić information content (AvgIpc) is 2.71. The first kappa shape index (κ1) is 15.4. The van der Waals surface area contributed by atoms with Crippen molar-refractivity contribution < 1.29 is 19.0 Å². The monoisotopic (exact) mass is 307 g/mol. The molecule has 1 aromatic rings. The molecule has 1 aromatic carbocycles. The summed E-state index contributed by atoms with van der Waals surface area (Å²) in [5, 5.41) is 10.8. The average molecular weight is 307 g/mol. The topological polar surface area (TPSA) is 49.8 Å². The highest BCUT2D eigenvalue weighted by Gasteiger charge is 2.74. The lowest BCUT2D eigenvalue weighted by molar-refractivity contribution is -0.194. The maximum absolute atomic E-state index is 13.8. The molecule has 1 aliphatic carbocycles. The second-order valence-corrected chi connectivity index (χ2v) is 6.51. The number of halogens is 1. The van der Waals surface area contributed by atoms with Crippen LogP contribution in [-0.4, -0.2) is 42.5 Å². The number of aliphatic hydroxyl groups is 1. The van der Waals surface area contributed by atoms with Gasteiger partial charge in [0.1, 0.15) is 11.6 Å². The van der Waals surface area contributed by atoms with Gasteiger partial charge < -0.3 is 9.84 Å². The van der Waals surface area contributed by atoms with Crippen LogP contribution in [0.25, 0.3) is 0 Å². The van der Waals surface area contributed by atoms with Crippen LogP contribution >= 0.6 is 0 Å². The van der Waals surface area contributed by atoms with E-state index in [1.165, 1.54) is 7.11 Å². The van der Waals surface area contributed by atoms with E-state index in [1.807, 2.05) is 42.2 Å². The zero-order chi connectivity index (χ0) is 16.0. The van der Waals surface area contributed by atoms with Gasteiger partial charge in [-0.1, -0.05) is 30.3 Å². The van der Waals surface area contributed by atoms with E-state index in [2.05, 4.69) is 0 Å². The molecule has 0 aromatic heterocycles. The number of hydrogen-bond donors (Lipinski definition) is 1. The van der Waals surface area contributed by atoms with Crippen LogP contribution in [0.2, 0.25) is 0 Å². The number of carbonyl (C=O) groups excluding carboxylic acids is 1. The molecule has 4 atom stereocenters. The van der Waals surface area contributed by atoms with Crippen LogP contribution in [0.15, 0.2) is 30.3 Å². The van der Waals surface area contributed by atoms with Crippen molar-refractivity contribution in [1.29, 1.82) is 0 Å². The van der Waals surface area contributed by atoms with Gasteiger partial charge in [0, 0.05) is 18.0 Å². The number of fused-ring (bicyclic) bond motifs is 1. The lowest BCUT2D eigenvalue weighted by Gasteiger charge is -2.51. The van der Waals surface area contributed by atoms with Crippen LogP contribution in [0.3, 0.4) is 0 Å². The number of benzene rings is 1. The molecule has 1 N–H and O–H groups in total. The molecule has 3 unspecified atom stereocenters. The Hall–Kier alpha value is -1.46. The standard InChI is InChI=1S/C17H22FNO3/c1-12(13-6-4-3-5-7-13)19-11-16(10-18)8-9-17(16,14(19)20)15(21)22-2/h3-7,12,14,20H,8-11H2,1-2H3/t12-,14?,16?,17?/m1/s1. The van der Waals surface area contributed by atoms with Crippen LogP contribution in [0.5, 0.6) is 0 Å². The molecule has 22 heavy (non-hydrogen) atoms. The van der Waals surface area contributed by atoms with Crippen molar-refractivity contribution in [2.45, 2.75) is 32.0 Å². The summed E-state index contributed by atoms with van der Waals surface area (Å²) in [6.07, 6.45) is 0.0656. The fraction of sp³-hybridized carbons (Fsp3) is 0.588. The summed E-state index contributed by atoms with van der Waals surface area (Å²) in [6.45, 7) is 1.73. The first-order valence-corrected chi connectivity index (χ1v) is 7.65. The van der Waals surface area contributed by atoms with Gasteiger partial charge in [0.15, 0.2) is 0 Å². The Morgan fingerprint density at radius 1 is 1.45 bits per heavy atom. The number of likely N-dealkylation sites (tertiary alicyclic amines) is 1. The van der Waals surface area contributed by atoms with Gasteiger partial charge in [-0.25, -0.2) is 0 Å². The van der Waals surface area contributed by atoms with Crippen LogP contribution in [0.1, 0.15) is 31.4 Å². The Bertz CT molecular complexity index is 562. The molecule has 5 heteroatoms. The largest absolute Gasteiger partial charge is 0.468 e. The molecular formula is C17H22FNO3. The smallest absolute Gasteiger partial charge is 0.316 e. The number of esters is 1. The molecule has 0 amide bonds. The van der Waals surface area contributed by atoms with E-state index in [0.717, 1.165) is 5.56 Å². The first-order chi connectivity index (χ1) is 10.5. The number of nitrogens with zero attached hydrogens (tertiary/aromatic N) is 1. The minimum absolute atomic E-state index is 0.0910. The van der Waals surface area contributed by atoms with Gasteiger partial charge in [0.2, 0.25) is 0 Å². The van der Waals surface area contributed by atoms with Crippen LogP contribution in [0.4, 0.5) is 4.39 Å². The third-order valence-corrected chi connectivity index (χ3v) is 5.77. The van der Waals surface area contributed by atoms with Crippen molar-refractivity contribution in [3.8, 4) is 0 Å². The SMILES string of the molecule is COC(=O)C12CCC1(CF)CN([C@H](C)c1ccccc1)C2O. The first-order valence-electron chi connectivity index (χ1n) is 7.65. The normalized spacial score (nSPS) is 35.5. The quantitative estimate of drug-likeness (QED) is 0.867. The lowest BCUT2D eigenvalue weighted by atomic mass is 9.51. The highest BCUT2D eigenvalue weighted by atomic mass is 19.1. The zero-order valence-corrected chi connectivity index (χ0v) is 13.0. The van der Waals surface area contributed by atoms with Gasteiger partial charge >= 0.3 is 5.97 Å². The minimum Gasteiger partial charge on any atom is -0.468 e. The Kier molecular flexibility index (Phi) is 3.73. The summed E-state index contributed by atoms with van der Waals surface area (Å²) >= 11 is 0. The Morgan fingerprint density at radius 3 is 2.64 bits per heavy atom. The third-order valence-electron chi connectivity index (χ3n) is 5.77. The van der Waals surface area contributed by atoms with Gasteiger partial charge in [-0.05, 0) is 25.3 Å². The third kappa shape index (κ3) is 1.78. The molecule has 4 nitrogen and oxygen atoms in total. The number of aliphatic hydroxyl groups excluding tert-OH is 1. The van der Waals surface area contributed by atoms with Crippen molar-refractivity contribution >= 4 is 5.97 Å². The predicted molar refractivity (Wildman–Crippen MR) is 79.7 cm³/mol. The number of ether oxygens (including phenoxy) is 1. The summed E-state index contributed by atoms with van der Waals surface area (Å²) in [4.78, 5) is 14.1. The minimum atomic E-state index is -1.13. The maximum atomic E-state index is 13.8. The summed E-state index contributed by atoms with van der Waals surface area (Å²) in [5.74, 6) is -0.494. The van der Waals surface area contributed by atoms with E-state index in [0.29, 0.717) is 19.4 Å². The van der Waals surface area contributed by atoms with Gasteiger partial charge in [-0.2, -0.15) is 0 Å². The fourth-order valence-corrected chi connectivity index (χ4v) is 4.20. The molecule has 0 radical (unpaired) electrons. The zero-order valence-electron chi connectivity index (χ0n) is 13.0. The summed E-state index contributed by atoms with van der Waals surface area (Å²) in [7, 11) is 1.30. The second-order valence-electron chi connectivity index (χ2n) is 6.51. The Balaban J connectivity index is 1.95. The Labute approximate surface area is 129 Å². The molecule has 1 saturated heterocycles. The molecule has 120 valence electrons. The highest BCUT2D eigenvalue weighted by Crippen LogP contribution is 2.65. The van der Waals surface area contributed by atoms with Crippen LogP contribution < -0.4 is 0 Å². The van der Waals surface area contributed by atoms with Crippen molar-refractivity contribution in [3.63, 3.8) is 0 Å². The molecule has 1 heterocycles. The van der Waals surface area contributed by atoms with Gasteiger partial charge in [-0.15, -0.1) is 0 Å². The number of alkyl halides is 1. The van der Waals surface area contributed by atoms with E-state index >= 15 is 0 Å². The molecule has 3 rings (SSSR count). The maximum Gasteiger partial charge on any atom is 0.316 e. The summed E-state index contributed by atoms with van der Waals surface area (Å²) in [6, 6.07) is 9.66. The van der Waals surface area contributed by atoms with Gasteiger partial charge in [0.05, 0.1) is 13.8 Å². The van der Waals surface area contributed by atoms with E-state index in [9.17, 15) is 14.3 Å². The number of hydrogen-bond acceptors (Lipinski definition) is 4. The molecule has 0 bridgehead atoms. The highest BCUT2D eigenvalue weighted by molar-refractivity contribution is 5.81. The number of methoxy groups -OCH3 is 1. The van der Waals surface area contributed by atoms with Crippen LogP contribution in [0, 0.1) is 10.8 Å². The molecular weight excluding hydrogens is 285 g/mol. The molecule has 1 saturated carbocycles. The predicted octanol–water partition coefficient (Wildman–Crippen LogP) is 2.29. The number of carbonyl (C=O) groups is 1. The molecule has 1 aliphatic heterocycles. The van der Waals surface area contributed by atoms with Gasteiger partial charge in [0.25, 0.3) is 0 Å². The fourth-order valence-electron chi connectivity index (χ4n) is 4.20. The molecule has 0 spiro atoms. The van der Waals surface area contributed by atoms with Crippen molar-refractivity contribution in [2.24, 2.45) is 10.8 Å². The summed E-state index contributed by atoms with van der Waals surface area (Å²) < 4.78 is 18.7. The van der Waals surface area contributed by atoms with E-state index in [-0.39, 0.29) is 6.04 Å². The lowest BCUT2D eigenvalue weighted by Crippen LogP contribution is -2.60.